The zero-order chi connectivity index (χ0) is 17.5. The van der Waals surface area contributed by atoms with Crippen molar-refractivity contribution in [2.45, 2.75) is 40.0 Å². The van der Waals surface area contributed by atoms with Gasteiger partial charge in [-0.3, -0.25) is 9.79 Å². The molecule has 0 spiro atoms. The van der Waals surface area contributed by atoms with Gasteiger partial charge in [0.25, 0.3) is 0 Å². The molecule has 1 aromatic rings. The van der Waals surface area contributed by atoms with Gasteiger partial charge in [0.1, 0.15) is 5.76 Å². The number of guanidine groups is 1. The monoisotopic (exact) mass is 336 g/mol. The van der Waals surface area contributed by atoms with Crippen molar-refractivity contribution in [3.63, 3.8) is 0 Å². The van der Waals surface area contributed by atoms with Crippen LogP contribution in [0.15, 0.2) is 9.52 Å². The maximum absolute atomic E-state index is 12.0. The number of hydrogen-bond acceptors (Lipinski definition) is 5. The molecule has 134 valence electrons. The summed E-state index contributed by atoms with van der Waals surface area (Å²) in [5, 5.41) is 7.35. The predicted octanol–water partition coefficient (Wildman–Crippen LogP) is 1.68. The average Bonchev–Trinajstić information content (AvgIpc) is 2.91. The maximum Gasteiger partial charge on any atom is 0.310 e. The molecule has 2 rings (SSSR count). The van der Waals surface area contributed by atoms with Gasteiger partial charge in [-0.25, -0.2) is 0 Å². The predicted molar refractivity (Wildman–Crippen MR) is 92.0 cm³/mol. The van der Waals surface area contributed by atoms with Crippen LogP contribution in [0.5, 0.6) is 0 Å². The highest BCUT2D eigenvalue weighted by Gasteiger charge is 2.28. The van der Waals surface area contributed by atoms with E-state index in [1.165, 1.54) is 0 Å². The summed E-state index contributed by atoms with van der Waals surface area (Å²) in [4.78, 5) is 18.5. The van der Waals surface area contributed by atoms with Crippen LogP contribution in [0.2, 0.25) is 0 Å². The Balaban J connectivity index is 1.88. The first-order valence-electron chi connectivity index (χ1n) is 8.60. The Hall–Kier alpha value is -2.05. The summed E-state index contributed by atoms with van der Waals surface area (Å²) in [6.45, 7) is 8.46. The highest BCUT2D eigenvalue weighted by Crippen LogP contribution is 2.18. The minimum atomic E-state index is -0.103. The van der Waals surface area contributed by atoms with E-state index in [1.807, 2.05) is 20.8 Å². The fraction of sp³-hybridized carbons (Fsp3) is 0.706. The van der Waals surface area contributed by atoms with Crippen molar-refractivity contribution < 1.29 is 14.1 Å². The summed E-state index contributed by atoms with van der Waals surface area (Å²) in [7, 11) is 1.77. The van der Waals surface area contributed by atoms with Gasteiger partial charge in [0.05, 0.1) is 18.2 Å². The molecule has 0 saturated carbocycles. The lowest BCUT2D eigenvalue weighted by Crippen LogP contribution is -2.48. The highest BCUT2D eigenvalue weighted by molar-refractivity contribution is 5.81. The summed E-state index contributed by atoms with van der Waals surface area (Å²) in [5.74, 6) is 1.52. The number of carbonyl (C=O) groups excluding carboxylic acids is 1. The summed E-state index contributed by atoms with van der Waals surface area (Å²) in [6.07, 6.45) is 2.68. The first kappa shape index (κ1) is 18.3. The average molecular weight is 336 g/mol. The number of aliphatic imine (C=N–C) groups is 1. The van der Waals surface area contributed by atoms with Gasteiger partial charge in [0.2, 0.25) is 0 Å². The van der Waals surface area contributed by atoms with Crippen LogP contribution in [-0.2, 0) is 16.0 Å². The van der Waals surface area contributed by atoms with Gasteiger partial charge in [-0.2, -0.15) is 0 Å². The van der Waals surface area contributed by atoms with Crippen LogP contribution in [0.4, 0.5) is 0 Å². The van der Waals surface area contributed by atoms with E-state index in [0.29, 0.717) is 13.2 Å². The van der Waals surface area contributed by atoms with E-state index in [-0.39, 0.29) is 11.9 Å². The van der Waals surface area contributed by atoms with Crippen molar-refractivity contribution in [1.29, 1.82) is 0 Å². The van der Waals surface area contributed by atoms with Gasteiger partial charge in [-0.15, -0.1) is 0 Å². The van der Waals surface area contributed by atoms with Gasteiger partial charge in [0, 0.05) is 32.2 Å². The molecule has 1 aliphatic rings. The van der Waals surface area contributed by atoms with Crippen LogP contribution in [-0.4, -0.2) is 55.3 Å². The first-order valence-corrected chi connectivity index (χ1v) is 8.60. The number of nitrogens with one attached hydrogen (secondary N) is 1. The van der Waals surface area contributed by atoms with Crippen LogP contribution >= 0.6 is 0 Å². The van der Waals surface area contributed by atoms with E-state index in [2.05, 4.69) is 20.4 Å². The maximum atomic E-state index is 12.0. The van der Waals surface area contributed by atoms with Crippen molar-refractivity contribution in [2.75, 3.05) is 33.3 Å². The number of piperidine rings is 1. The summed E-state index contributed by atoms with van der Waals surface area (Å²) < 4.78 is 10.3. The van der Waals surface area contributed by atoms with Crippen LogP contribution in [0.25, 0.3) is 0 Å². The number of aryl methyl sites for hydroxylation is 2. The topological polar surface area (TPSA) is 80.0 Å². The van der Waals surface area contributed by atoms with Gasteiger partial charge in [-0.1, -0.05) is 5.16 Å². The quantitative estimate of drug-likeness (QED) is 0.501. The number of nitrogens with zero attached hydrogens (tertiary/aromatic N) is 3. The Bertz CT molecular complexity index is 563. The Morgan fingerprint density at radius 3 is 2.92 bits per heavy atom. The lowest BCUT2D eigenvalue weighted by molar-refractivity contribution is -0.149. The van der Waals surface area contributed by atoms with Crippen molar-refractivity contribution in [1.82, 2.24) is 15.4 Å². The van der Waals surface area contributed by atoms with E-state index in [1.54, 1.807) is 7.05 Å². The molecular weight excluding hydrogens is 308 g/mol. The van der Waals surface area contributed by atoms with Gasteiger partial charge >= 0.3 is 5.97 Å². The Morgan fingerprint density at radius 2 is 2.29 bits per heavy atom. The molecule has 0 bridgehead atoms. The second-order valence-electron chi connectivity index (χ2n) is 6.06. The molecule has 7 heteroatoms. The number of esters is 1. The van der Waals surface area contributed by atoms with Crippen LogP contribution in [0, 0.1) is 19.8 Å². The zero-order valence-electron chi connectivity index (χ0n) is 15.1. The Morgan fingerprint density at radius 1 is 1.50 bits per heavy atom. The number of aromatic nitrogens is 1. The Labute approximate surface area is 143 Å². The second kappa shape index (κ2) is 8.70. The standard InChI is InChI=1S/C17H28N4O3/c1-5-23-16(22)14-7-6-10-21(11-14)17(18-4)19-9-8-15-12(2)20-24-13(15)3/h14H,5-11H2,1-4H3,(H,18,19). The first-order chi connectivity index (χ1) is 11.6. The molecule has 2 heterocycles. The van der Waals surface area contributed by atoms with Crippen LogP contribution in [0.3, 0.4) is 0 Å². The summed E-state index contributed by atoms with van der Waals surface area (Å²) in [6, 6.07) is 0. The molecule has 0 aromatic carbocycles. The molecule has 0 radical (unpaired) electrons. The molecular formula is C17H28N4O3. The van der Waals surface area contributed by atoms with E-state index >= 15 is 0 Å². The molecule has 24 heavy (non-hydrogen) atoms. The lowest BCUT2D eigenvalue weighted by atomic mass is 9.98. The molecule has 1 atom stereocenters. The van der Waals surface area contributed by atoms with Gasteiger partial charge in [-0.05, 0) is 40.0 Å². The van der Waals surface area contributed by atoms with Crippen molar-refractivity contribution in [3.05, 3.63) is 17.0 Å². The molecule has 0 aliphatic carbocycles. The van der Waals surface area contributed by atoms with E-state index in [0.717, 1.165) is 55.3 Å². The highest BCUT2D eigenvalue weighted by atomic mass is 16.5. The van der Waals surface area contributed by atoms with Gasteiger partial charge in [0.15, 0.2) is 5.96 Å². The third-order valence-electron chi connectivity index (χ3n) is 4.39. The molecule has 1 unspecified atom stereocenters. The molecule has 1 saturated heterocycles. The fourth-order valence-electron chi connectivity index (χ4n) is 3.11. The number of likely N-dealkylation sites (tertiary alicyclic amines) is 1. The third-order valence-corrected chi connectivity index (χ3v) is 4.39. The van der Waals surface area contributed by atoms with E-state index < -0.39 is 0 Å². The summed E-state index contributed by atoms with van der Waals surface area (Å²) >= 11 is 0. The fourth-order valence-corrected chi connectivity index (χ4v) is 3.11. The second-order valence-corrected chi connectivity index (χ2v) is 6.06. The SMILES string of the molecule is CCOC(=O)C1CCCN(C(=NC)NCCc2c(C)noc2C)C1. The third kappa shape index (κ3) is 4.49. The molecule has 7 nitrogen and oxygen atoms in total. The van der Waals surface area contributed by atoms with Crippen LogP contribution in [0.1, 0.15) is 36.8 Å². The van der Waals surface area contributed by atoms with Crippen molar-refractivity contribution in [2.24, 2.45) is 10.9 Å². The largest absolute Gasteiger partial charge is 0.466 e. The van der Waals surface area contributed by atoms with E-state index in [9.17, 15) is 4.79 Å². The van der Waals surface area contributed by atoms with Gasteiger partial charge < -0.3 is 19.5 Å². The molecule has 0 amide bonds. The Kier molecular flexibility index (Phi) is 6.63. The minimum absolute atomic E-state index is 0.0696. The summed E-state index contributed by atoms with van der Waals surface area (Å²) in [5.41, 5.74) is 2.07. The number of hydrogen-bond donors (Lipinski definition) is 1. The van der Waals surface area contributed by atoms with Crippen molar-refractivity contribution >= 4 is 11.9 Å². The number of ether oxygens (including phenoxy) is 1. The van der Waals surface area contributed by atoms with Crippen LogP contribution < -0.4 is 5.32 Å². The van der Waals surface area contributed by atoms with E-state index in [4.69, 9.17) is 9.26 Å². The number of rotatable bonds is 5. The number of carbonyl (C=O) groups is 1. The molecule has 1 aromatic heterocycles. The molecule has 1 fully saturated rings. The zero-order valence-corrected chi connectivity index (χ0v) is 15.1. The lowest BCUT2D eigenvalue weighted by Gasteiger charge is -2.33. The molecule has 1 aliphatic heterocycles. The minimum Gasteiger partial charge on any atom is -0.466 e. The normalized spacial score (nSPS) is 18.6. The van der Waals surface area contributed by atoms with Crippen molar-refractivity contribution in [3.8, 4) is 0 Å². The smallest absolute Gasteiger partial charge is 0.310 e. The molecule has 1 N–H and O–H groups in total.